The van der Waals surface area contributed by atoms with Crippen LogP contribution in [-0.4, -0.2) is 45.3 Å². The van der Waals surface area contributed by atoms with Gasteiger partial charge >= 0.3 is 11.9 Å². The largest absolute Gasteiger partial charge is 0.480 e. The first-order valence-electron chi connectivity index (χ1n) is 5.57. The molecule has 19 heavy (non-hydrogen) atoms. The molecule has 100 valence electrons. The summed E-state index contributed by atoms with van der Waals surface area (Å²) in [5, 5.41) is 17.5. The Labute approximate surface area is 108 Å². The van der Waals surface area contributed by atoms with Crippen LogP contribution in [0.25, 0.3) is 11.0 Å². The van der Waals surface area contributed by atoms with Crippen molar-refractivity contribution < 1.29 is 19.8 Å². The zero-order chi connectivity index (χ0) is 14.0. The van der Waals surface area contributed by atoms with Crippen LogP contribution in [0.3, 0.4) is 0 Å². The maximum absolute atomic E-state index is 10.7. The Balaban J connectivity index is 2.32. The maximum atomic E-state index is 10.7. The molecule has 2 rings (SSSR count). The molecule has 0 aliphatic rings. The number of aromatic nitrogens is 2. The van der Waals surface area contributed by atoms with E-state index >= 15 is 0 Å². The van der Waals surface area contributed by atoms with Gasteiger partial charge < -0.3 is 19.7 Å². The third-order valence-corrected chi connectivity index (χ3v) is 2.72. The van der Waals surface area contributed by atoms with Crippen molar-refractivity contribution in [1.82, 2.24) is 9.55 Å². The molecule has 0 saturated heterocycles. The molecule has 7 heteroatoms. The van der Waals surface area contributed by atoms with E-state index in [0.717, 1.165) is 5.69 Å². The van der Waals surface area contributed by atoms with Crippen LogP contribution in [0.1, 0.15) is 0 Å². The molecule has 0 fully saturated rings. The first-order chi connectivity index (χ1) is 8.97. The number of nitrogens with zero attached hydrogens (tertiary/aromatic N) is 3. The maximum Gasteiger partial charge on any atom is 0.323 e. The zero-order valence-electron chi connectivity index (χ0n) is 10.3. The van der Waals surface area contributed by atoms with Crippen LogP contribution >= 0.6 is 0 Å². The lowest BCUT2D eigenvalue weighted by Crippen LogP contribution is -2.24. The molecule has 1 aromatic heterocycles. The highest BCUT2D eigenvalue weighted by molar-refractivity contribution is 5.82. The summed E-state index contributed by atoms with van der Waals surface area (Å²) in [5.41, 5.74) is 2.06. The third-order valence-electron chi connectivity index (χ3n) is 2.72. The minimum absolute atomic E-state index is 0.110. The molecule has 2 aromatic rings. The van der Waals surface area contributed by atoms with E-state index in [0.29, 0.717) is 11.0 Å². The number of rotatable bonds is 5. The Bertz CT molecular complexity index is 635. The van der Waals surface area contributed by atoms with Gasteiger partial charge in [-0.25, -0.2) is 4.98 Å². The standard InChI is InChI=1S/C12H13N3O4/c1-14(5-11(16)17)8-2-3-10-9(4-8)13-7-15(10)6-12(18)19/h2-4,7H,5-6H2,1H3,(H,16,17)(H,18,19). The second-order valence-corrected chi connectivity index (χ2v) is 4.19. The van der Waals surface area contributed by atoms with Crippen molar-refractivity contribution in [2.24, 2.45) is 0 Å². The van der Waals surface area contributed by atoms with E-state index in [4.69, 9.17) is 10.2 Å². The minimum Gasteiger partial charge on any atom is -0.480 e. The molecular formula is C12H13N3O4. The second kappa shape index (κ2) is 4.97. The number of fused-ring (bicyclic) bond motifs is 1. The number of benzene rings is 1. The van der Waals surface area contributed by atoms with Gasteiger partial charge in [0.2, 0.25) is 0 Å². The van der Waals surface area contributed by atoms with Crippen molar-refractivity contribution in [1.29, 1.82) is 0 Å². The van der Waals surface area contributed by atoms with Gasteiger partial charge in [0.15, 0.2) is 0 Å². The van der Waals surface area contributed by atoms with Crippen LogP contribution in [0.2, 0.25) is 0 Å². The van der Waals surface area contributed by atoms with E-state index in [1.807, 2.05) is 0 Å². The fourth-order valence-corrected chi connectivity index (χ4v) is 1.86. The van der Waals surface area contributed by atoms with Gasteiger partial charge in [-0.05, 0) is 18.2 Å². The van der Waals surface area contributed by atoms with Gasteiger partial charge in [0.25, 0.3) is 0 Å². The number of hydrogen-bond acceptors (Lipinski definition) is 4. The summed E-state index contributed by atoms with van der Waals surface area (Å²) in [6, 6.07) is 5.21. The van der Waals surface area contributed by atoms with Crippen molar-refractivity contribution in [2.75, 3.05) is 18.5 Å². The lowest BCUT2D eigenvalue weighted by Gasteiger charge is -2.16. The minimum atomic E-state index is -0.939. The number of carboxylic acid groups (broad SMARTS) is 2. The Hall–Kier alpha value is -2.57. The molecule has 0 aliphatic carbocycles. The molecule has 1 heterocycles. The van der Waals surface area contributed by atoms with Crippen LogP contribution in [0, 0.1) is 0 Å². The fraction of sp³-hybridized carbons (Fsp3) is 0.250. The molecule has 0 bridgehead atoms. The van der Waals surface area contributed by atoms with Crippen molar-refractivity contribution in [3.63, 3.8) is 0 Å². The third kappa shape index (κ3) is 2.82. The number of aliphatic carboxylic acids is 2. The van der Waals surface area contributed by atoms with Gasteiger partial charge in [-0.2, -0.15) is 0 Å². The second-order valence-electron chi connectivity index (χ2n) is 4.19. The van der Waals surface area contributed by atoms with Gasteiger partial charge in [-0.3, -0.25) is 9.59 Å². The number of likely N-dealkylation sites (N-methyl/N-ethyl adjacent to an activating group) is 1. The van der Waals surface area contributed by atoms with Crippen LogP contribution in [-0.2, 0) is 16.1 Å². The average Bonchev–Trinajstić information content (AvgIpc) is 2.70. The molecular weight excluding hydrogens is 250 g/mol. The van der Waals surface area contributed by atoms with E-state index < -0.39 is 11.9 Å². The highest BCUT2D eigenvalue weighted by atomic mass is 16.4. The molecule has 1 aromatic carbocycles. The van der Waals surface area contributed by atoms with Gasteiger partial charge in [0.05, 0.1) is 17.4 Å². The molecule has 0 atom stereocenters. The van der Waals surface area contributed by atoms with Crippen LogP contribution in [0.5, 0.6) is 0 Å². The number of hydrogen-bond donors (Lipinski definition) is 2. The summed E-state index contributed by atoms with van der Waals surface area (Å²) in [6.45, 7) is -0.262. The van der Waals surface area contributed by atoms with E-state index in [2.05, 4.69) is 4.98 Å². The van der Waals surface area contributed by atoms with E-state index in [9.17, 15) is 9.59 Å². The number of carboxylic acids is 2. The van der Waals surface area contributed by atoms with Gasteiger partial charge in [0, 0.05) is 12.7 Å². The Morgan fingerprint density at radius 1 is 1.32 bits per heavy atom. The van der Waals surface area contributed by atoms with E-state index in [1.54, 1.807) is 30.1 Å². The molecule has 0 radical (unpaired) electrons. The van der Waals surface area contributed by atoms with Crippen molar-refractivity contribution >= 4 is 28.7 Å². The van der Waals surface area contributed by atoms with Crippen molar-refractivity contribution in [3.05, 3.63) is 24.5 Å². The average molecular weight is 263 g/mol. The van der Waals surface area contributed by atoms with Crippen molar-refractivity contribution in [3.8, 4) is 0 Å². The number of carbonyl (C=O) groups is 2. The summed E-state index contributed by atoms with van der Waals surface area (Å²) < 4.78 is 1.53. The number of anilines is 1. The lowest BCUT2D eigenvalue weighted by atomic mass is 10.2. The first-order valence-corrected chi connectivity index (χ1v) is 5.57. The normalized spacial score (nSPS) is 10.6. The molecule has 0 unspecified atom stereocenters. The molecule has 2 N–H and O–H groups in total. The highest BCUT2D eigenvalue weighted by Crippen LogP contribution is 2.20. The van der Waals surface area contributed by atoms with Gasteiger partial charge in [-0.1, -0.05) is 0 Å². The SMILES string of the molecule is CN(CC(=O)O)c1ccc2c(c1)ncn2CC(=O)O. The summed E-state index contributed by atoms with van der Waals surface area (Å²) in [6.07, 6.45) is 1.46. The van der Waals surface area contributed by atoms with Crippen molar-refractivity contribution in [2.45, 2.75) is 6.54 Å². The van der Waals surface area contributed by atoms with Crippen LogP contribution in [0.15, 0.2) is 24.5 Å². The predicted molar refractivity (Wildman–Crippen MR) is 68.3 cm³/mol. The zero-order valence-corrected chi connectivity index (χ0v) is 10.3. The van der Waals surface area contributed by atoms with Crippen LogP contribution < -0.4 is 4.90 Å². The summed E-state index contributed by atoms with van der Waals surface area (Å²) in [5.74, 6) is -1.86. The summed E-state index contributed by atoms with van der Waals surface area (Å²) in [4.78, 5) is 27.0. The Morgan fingerprint density at radius 2 is 2.05 bits per heavy atom. The van der Waals surface area contributed by atoms with Gasteiger partial charge in [-0.15, -0.1) is 0 Å². The van der Waals surface area contributed by atoms with E-state index in [1.165, 1.54) is 10.9 Å². The van der Waals surface area contributed by atoms with Crippen LogP contribution in [0.4, 0.5) is 5.69 Å². The summed E-state index contributed by atoms with van der Waals surface area (Å²) >= 11 is 0. The monoisotopic (exact) mass is 263 g/mol. The first kappa shape index (κ1) is 12.9. The summed E-state index contributed by atoms with van der Waals surface area (Å²) in [7, 11) is 1.67. The molecule has 0 aliphatic heterocycles. The molecule has 0 spiro atoms. The van der Waals surface area contributed by atoms with E-state index in [-0.39, 0.29) is 13.1 Å². The highest BCUT2D eigenvalue weighted by Gasteiger charge is 2.10. The Kier molecular flexibility index (Phi) is 3.37. The smallest absolute Gasteiger partial charge is 0.323 e. The number of imidazole rings is 1. The Morgan fingerprint density at radius 3 is 2.68 bits per heavy atom. The topological polar surface area (TPSA) is 95.7 Å². The molecule has 7 nitrogen and oxygen atoms in total. The fourth-order valence-electron chi connectivity index (χ4n) is 1.86. The van der Waals surface area contributed by atoms with Gasteiger partial charge in [0.1, 0.15) is 13.1 Å². The molecule has 0 amide bonds. The lowest BCUT2D eigenvalue weighted by molar-refractivity contribution is -0.138. The molecule has 0 saturated carbocycles. The quantitative estimate of drug-likeness (QED) is 0.822. The predicted octanol–water partition coefficient (Wildman–Crippen LogP) is 0.642.